The zero-order chi connectivity index (χ0) is 15.3. The van der Waals surface area contributed by atoms with E-state index < -0.39 is 10.0 Å². The van der Waals surface area contributed by atoms with Crippen molar-refractivity contribution >= 4 is 34.0 Å². The van der Waals surface area contributed by atoms with Crippen LogP contribution >= 0.6 is 12.4 Å². The van der Waals surface area contributed by atoms with Gasteiger partial charge in [0.2, 0.25) is 15.9 Å². The van der Waals surface area contributed by atoms with Gasteiger partial charge in [-0.25, -0.2) is 8.42 Å². The van der Waals surface area contributed by atoms with Gasteiger partial charge in [-0.1, -0.05) is 6.07 Å². The van der Waals surface area contributed by atoms with E-state index >= 15 is 0 Å². The lowest BCUT2D eigenvalue weighted by atomic mass is 10.3. The van der Waals surface area contributed by atoms with Gasteiger partial charge in [0.15, 0.2) is 0 Å². The highest BCUT2D eigenvalue weighted by Crippen LogP contribution is 2.20. The Balaban J connectivity index is 0.00000242. The summed E-state index contributed by atoms with van der Waals surface area (Å²) in [6, 6.07) is 6.27. The molecule has 1 fully saturated rings. The van der Waals surface area contributed by atoms with Gasteiger partial charge in [-0.3, -0.25) is 4.79 Å². The van der Waals surface area contributed by atoms with E-state index in [4.69, 9.17) is 4.74 Å². The molecule has 1 aliphatic heterocycles. The second kappa shape index (κ2) is 8.44. The maximum Gasteiger partial charge on any atom is 0.243 e. The van der Waals surface area contributed by atoms with Gasteiger partial charge in [0.1, 0.15) is 0 Å². The van der Waals surface area contributed by atoms with E-state index in [2.05, 4.69) is 10.6 Å². The summed E-state index contributed by atoms with van der Waals surface area (Å²) in [7, 11) is -1.88. The van der Waals surface area contributed by atoms with Gasteiger partial charge in [-0.15, -0.1) is 12.4 Å². The van der Waals surface area contributed by atoms with E-state index in [1.165, 1.54) is 16.4 Å². The summed E-state index contributed by atoms with van der Waals surface area (Å²) >= 11 is 0. The monoisotopic (exact) mass is 349 g/mol. The number of carbonyl (C=O) groups is 1. The molecule has 9 heteroatoms. The van der Waals surface area contributed by atoms with E-state index in [9.17, 15) is 13.2 Å². The summed E-state index contributed by atoms with van der Waals surface area (Å²) in [4.78, 5) is 11.7. The summed E-state index contributed by atoms with van der Waals surface area (Å²) in [5.74, 6) is -0.224. The second-order valence-corrected chi connectivity index (χ2v) is 6.56. The van der Waals surface area contributed by atoms with Gasteiger partial charge in [0.05, 0.1) is 24.7 Å². The molecule has 0 bridgehead atoms. The van der Waals surface area contributed by atoms with E-state index in [-0.39, 0.29) is 29.8 Å². The van der Waals surface area contributed by atoms with Crippen LogP contribution in [0.3, 0.4) is 0 Å². The number of benzene rings is 1. The number of sulfonamides is 1. The van der Waals surface area contributed by atoms with Crippen molar-refractivity contribution in [3.63, 3.8) is 0 Å². The van der Waals surface area contributed by atoms with Gasteiger partial charge in [0.25, 0.3) is 0 Å². The third kappa shape index (κ3) is 4.65. The molecule has 0 atom stereocenters. The molecular weight excluding hydrogens is 330 g/mol. The molecule has 1 aromatic carbocycles. The first kappa shape index (κ1) is 18.9. The first-order chi connectivity index (χ1) is 10.0. The lowest BCUT2D eigenvalue weighted by molar-refractivity contribution is -0.115. The fourth-order valence-electron chi connectivity index (χ4n) is 2.04. The number of hydrogen-bond acceptors (Lipinski definition) is 5. The molecule has 2 N–H and O–H groups in total. The molecule has 0 radical (unpaired) electrons. The van der Waals surface area contributed by atoms with Gasteiger partial charge >= 0.3 is 0 Å². The van der Waals surface area contributed by atoms with Crippen LogP contribution < -0.4 is 10.6 Å². The predicted octanol–water partition coefficient (Wildman–Crippen LogP) is 0.287. The Labute approximate surface area is 136 Å². The molecule has 0 saturated carbocycles. The summed E-state index contributed by atoms with van der Waals surface area (Å²) in [5.41, 5.74) is 0.463. The number of ether oxygens (including phenoxy) is 1. The van der Waals surface area contributed by atoms with E-state index in [0.29, 0.717) is 32.0 Å². The van der Waals surface area contributed by atoms with Crippen molar-refractivity contribution in [2.24, 2.45) is 0 Å². The fraction of sp³-hybridized carbons (Fsp3) is 0.462. The first-order valence-corrected chi connectivity index (χ1v) is 8.10. The maximum absolute atomic E-state index is 12.5. The molecule has 0 unspecified atom stereocenters. The Morgan fingerprint density at radius 1 is 1.32 bits per heavy atom. The van der Waals surface area contributed by atoms with Crippen LogP contribution in [0.4, 0.5) is 5.69 Å². The highest BCUT2D eigenvalue weighted by Gasteiger charge is 2.26. The minimum atomic E-state index is -3.55. The number of anilines is 1. The van der Waals surface area contributed by atoms with Crippen molar-refractivity contribution in [3.8, 4) is 0 Å². The zero-order valence-electron chi connectivity index (χ0n) is 12.2. The van der Waals surface area contributed by atoms with Gasteiger partial charge in [-0.05, 0) is 25.2 Å². The number of carbonyl (C=O) groups excluding carboxylic acids is 1. The summed E-state index contributed by atoms with van der Waals surface area (Å²) in [5, 5.41) is 5.38. The normalized spacial score (nSPS) is 15.9. The van der Waals surface area contributed by atoms with Crippen molar-refractivity contribution in [3.05, 3.63) is 24.3 Å². The third-order valence-corrected chi connectivity index (χ3v) is 4.96. The molecule has 2 rings (SSSR count). The minimum absolute atomic E-state index is 0. The highest BCUT2D eigenvalue weighted by molar-refractivity contribution is 7.89. The number of nitrogens with zero attached hydrogens (tertiary/aromatic N) is 1. The average Bonchev–Trinajstić information content (AvgIpc) is 2.48. The molecular formula is C13H20ClN3O4S. The molecule has 0 aliphatic carbocycles. The Morgan fingerprint density at radius 2 is 2.00 bits per heavy atom. The fourth-order valence-corrected chi connectivity index (χ4v) is 3.49. The number of halogens is 1. The van der Waals surface area contributed by atoms with Crippen molar-refractivity contribution in [2.75, 3.05) is 45.2 Å². The standard InChI is InChI=1S/C13H19N3O4S.ClH/c1-14-10-13(17)15-11-3-2-4-12(9-11)21(18,19)16-5-7-20-8-6-16;/h2-4,9,14H,5-8,10H2,1H3,(H,15,17);1H. The SMILES string of the molecule is CNCC(=O)Nc1cccc(S(=O)(=O)N2CCOCC2)c1.Cl. The van der Waals surface area contributed by atoms with Crippen LogP contribution in [0, 0.1) is 0 Å². The summed E-state index contributed by atoms with van der Waals surface area (Å²) < 4.78 is 31.6. The number of likely N-dealkylation sites (N-methyl/N-ethyl adjacent to an activating group) is 1. The molecule has 1 amide bonds. The van der Waals surface area contributed by atoms with Gasteiger partial charge in [0, 0.05) is 18.8 Å². The number of morpholine rings is 1. The lowest BCUT2D eigenvalue weighted by Crippen LogP contribution is -2.40. The average molecular weight is 350 g/mol. The van der Waals surface area contributed by atoms with E-state index in [0.717, 1.165) is 0 Å². The van der Waals surface area contributed by atoms with E-state index in [1.807, 2.05) is 0 Å². The summed E-state index contributed by atoms with van der Waals surface area (Å²) in [6.07, 6.45) is 0. The van der Waals surface area contributed by atoms with Crippen LogP contribution in [0.2, 0.25) is 0 Å². The quantitative estimate of drug-likeness (QED) is 0.797. The van der Waals surface area contributed by atoms with Crippen molar-refractivity contribution in [1.82, 2.24) is 9.62 Å². The smallest absolute Gasteiger partial charge is 0.243 e. The molecule has 1 saturated heterocycles. The topological polar surface area (TPSA) is 87.7 Å². The van der Waals surface area contributed by atoms with Crippen LogP contribution in [0.25, 0.3) is 0 Å². The van der Waals surface area contributed by atoms with Crippen LogP contribution in [0.1, 0.15) is 0 Å². The number of hydrogen-bond donors (Lipinski definition) is 2. The maximum atomic E-state index is 12.5. The molecule has 1 aromatic rings. The van der Waals surface area contributed by atoms with Crippen LogP contribution in [0.15, 0.2) is 29.2 Å². The molecule has 0 spiro atoms. The zero-order valence-corrected chi connectivity index (χ0v) is 13.9. The Kier molecular flexibility index (Phi) is 7.24. The van der Waals surface area contributed by atoms with Crippen LogP contribution in [-0.4, -0.2) is 58.5 Å². The number of rotatable bonds is 5. The van der Waals surface area contributed by atoms with E-state index in [1.54, 1.807) is 19.2 Å². The molecule has 22 heavy (non-hydrogen) atoms. The first-order valence-electron chi connectivity index (χ1n) is 6.66. The minimum Gasteiger partial charge on any atom is -0.379 e. The molecule has 1 heterocycles. The van der Waals surface area contributed by atoms with Crippen LogP contribution in [-0.2, 0) is 19.6 Å². The Bertz CT molecular complexity index is 603. The molecule has 124 valence electrons. The largest absolute Gasteiger partial charge is 0.379 e. The highest BCUT2D eigenvalue weighted by atomic mass is 35.5. The van der Waals surface area contributed by atoms with Gasteiger partial charge in [-0.2, -0.15) is 4.31 Å². The van der Waals surface area contributed by atoms with Gasteiger partial charge < -0.3 is 15.4 Å². The molecule has 7 nitrogen and oxygen atoms in total. The van der Waals surface area contributed by atoms with Crippen LogP contribution in [0.5, 0.6) is 0 Å². The number of nitrogens with one attached hydrogen (secondary N) is 2. The molecule has 1 aliphatic rings. The summed E-state index contributed by atoms with van der Waals surface area (Å²) in [6.45, 7) is 1.66. The second-order valence-electron chi connectivity index (χ2n) is 4.62. The molecule has 0 aromatic heterocycles. The van der Waals surface area contributed by atoms with Crippen molar-refractivity contribution < 1.29 is 17.9 Å². The van der Waals surface area contributed by atoms with Crippen molar-refractivity contribution in [2.45, 2.75) is 4.90 Å². The Hall–Kier alpha value is -1.19. The lowest BCUT2D eigenvalue weighted by Gasteiger charge is -2.26. The third-order valence-electron chi connectivity index (χ3n) is 3.06. The van der Waals surface area contributed by atoms with Crippen molar-refractivity contribution in [1.29, 1.82) is 0 Å². The Morgan fingerprint density at radius 3 is 2.64 bits per heavy atom. The predicted molar refractivity (Wildman–Crippen MR) is 85.8 cm³/mol. The number of amides is 1.